The molecule has 0 amide bonds. The summed E-state index contributed by atoms with van der Waals surface area (Å²) in [6, 6.07) is 10.8. The van der Waals surface area contributed by atoms with Gasteiger partial charge in [0.2, 0.25) is 0 Å². The smallest absolute Gasteiger partial charge is 0.338 e. The Bertz CT molecular complexity index is 867. The van der Waals surface area contributed by atoms with Gasteiger partial charge < -0.3 is 19.7 Å². The molecule has 2 aromatic rings. The van der Waals surface area contributed by atoms with E-state index in [1.165, 1.54) is 48.5 Å². The predicted octanol–water partition coefficient (Wildman–Crippen LogP) is 3.41. The highest BCUT2D eigenvalue weighted by atomic mass is 16.6. The number of carbonyl (C=O) groups is 4. The van der Waals surface area contributed by atoms with Gasteiger partial charge in [0.25, 0.3) is 0 Å². The summed E-state index contributed by atoms with van der Waals surface area (Å²) < 4.78 is 11.1. The lowest BCUT2D eigenvalue weighted by Gasteiger charge is -2.30. The highest BCUT2D eigenvalue weighted by Gasteiger charge is 2.32. The third kappa shape index (κ3) is 5.02. The van der Waals surface area contributed by atoms with Crippen LogP contribution in [0.1, 0.15) is 67.1 Å². The number of carbonyl (C=O) groups excluding carboxylic acids is 2. The van der Waals surface area contributed by atoms with Crippen LogP contribution in [-0.2, 0) is 9.47 Å². The number of carboxylic acids is 2. The number of hydrogen-bond donors (Lipinski definition) is 2. The molecule has 0 spiro atoms. The molecule has 1 fully saturated rings. The third-order valence-corrected chi connectivity index (χ3v) is 4.89. The first kappa shape index (κ1) is 21.0. The van der Waals surface area contributed by atoms with Crippen molar-refractivity contribution in [2.24, 2.45) is 0 Å². The van der Waals surface area contributed by atoms with Gasteiger partial charge in [-0.15, -0.1) is 0 Å². The minimum Gasteiger partial charge on any atom is -0.478 e. The zero-order chi connectivity index (χ0) is 21.7. The Hall–Kier alpha value is -3.68. The van der Waals surface area contributed by atoms with Crippen molar-refractivity contribution >= 4 is 23.9 Å². The number of benzene rings is 2. The maximum atomic E-state index is 12.4. The highest BCUT2D eigenvalue weighted by Crippen LogP contribution is 2.26. The molecule has 30 heavy (non-hydrogen) atoms. The molecule has 8 heteroatoms. The quantitative estimate of drug-likeness (QED) is 0.691. The lowest BCUT2D eigenvalue weighted by Crippen LogP contribution is -2.37. The zero-order valence-electron chi connectivity index (χ0n) is 15.9. The van der Waals surface area contributed by atoms with Gasteiger partial charge in [-0.2, -0.15) is 0 Å². The monoisotopic (exact) mass is 412 g/mol. The van der Waals surface area contributed by atoms with Crippen molar-refractivity contribution in [2.45, 2.75) is 37.9 Å². The molecule has 0 heterocycles. The molecular weight excluding hydrogens is 392 g/mol. The van der Waals surface area contributed by atoms with Crippen molar-refractivity contribution in [1.82, 2.24) is 0 Å². The molecule has 2 aromatic carbocycles. The molecule has 0 aromatic heterocycles. The van der Waals surface area contributed by atoms with Crippen LogP contribution in [0.4, 0.5) is 0 Å². The van der Waals surface area contributed by atoms with E-state index in [1.807, 2.05) is 0 Å². The SMILES string of the molecule is O=C(O)c1ccc(C(=O)OC2CCCCC2OC(=O)c2ccc(C(=O)O)cc2)cc1. The second kappa shape index (κ2) is 9.21. The van der Waals surface area contributed by atoms with Crippen molar-refractivity contribution in [3.05, 3.63) is 70.8 Å². The second-order valence-corrected chi connectivity index (χ2v) is 6.94. The molecule has 0 bridgehead atoms. The highest BCUT2D eigenvalue weighted by molar-refractivity contribution is 5.93. The Balaban J connectivity index is 1.65. The molecule has 1 saturated carbocycles. The van der Waals surface area contributed by atoms with E-state index in [9.17, 15) is 19.2 Å². The van der Waals surface area contributed by atoms with Gasteiger partial charge in [0, 0.05) is 0 Å². The molecular formula is C22H20O8. The minimum atomic E-state index is -1.09. The summed E-state index contributed by atoms with van der Waals surface area (Å²) in [6.07, 6.45) is 1.47. The molecule has 0 aliphatic heterocycles. The van der Waals surface area contributed by atoms with Crippen LogP contribution in [0.5, 0.6) is 0 Å². The first-order valence-corrected chi connectivity index (χ1v) is 9.44. The summed E-state index contributed by atoms with van der Waals surface area (Å²) in [6.45, 7) is 0. The van der Waals surface area contributed by atoms with E-state index < -0.39 is 36.1 Å². The van der Waals surface area contributed by atoms with Gasteiger partial charge in [0.05, 0.1) is 22.3 Å². The Morgan fingerprint density at radius 3 is 1.20 bits per heavy atom. The molecule has 0 radical (unpaired) electrons. The maximum Gasteiger partial charge on any atom is 0.338 e. The van der Waals surface area contributed by atoms with E-state index in [4.69, 9.17) is 19.7 Å². The van der Waals surface area contributed by atoms with Crippen LogP contribution >= 0.6 is 0 Å². The minimum absolute atomic E-state index is 0.0601. The Kier molecular flexibility index (Phi) is 6.46. The summed E-state index contributed by atoms with van der Waals surface area (Å²) >= 11 is 0. The van der Waals surface area contributed by atoms with Crippen molar-refractivity contribution in [1.29, 1.82) is 0 Å². The average molecular weight is 412 g/mol. The molecule has 156 valence electrons. The Morgan fingerprint density at radius 2 is 0.900 bits per heavy atom. The summed E-state index contributed by atoms with van der Waals surface area (Å²) in [4.78, 5) is 46.7. The molecule has 2 N–H and O–H groups in total. The summed E-state index contributed by atoms with van der Waals surface area (Å²) in [5.74, 6) is -3.42. The molecule has 0 saturated heterocycles. The normalized spacial score (nSPS) is 18.3. The van der Waals surface area contributed by atoms with Crippen molar-refractivity contribution < 1.29 is 38.9 Å². The van der Waals surface area contributed by atoms with Crippen LogP contribution in [0.25, 0.3) is 0 Å². The van der Waals surface area contributed by atoms with Crippen molar-refractivity contribution in [3.8, 4) is 0 Å². The van der Waals surface area contributed by atoms with Gasteiger partial charge >= 0.3 is 23.9 Å². The van der Waals surface area contributed by atoms with E-state index in [0.717, 1.165) is 12.8 Å². The fourth-order valence-electron chi connectivity index (χ4n) is 3.24. The molecule has 1 aliphatic carbocycles. The van der Waals surface area contributed by atoms with Gasteiger partial charge in [-0.3, -0.25) is 0 Å². The van der Waals surface area contributed by atoms with Crippen LogP contribution in [-0.4, -0.2) is 46.3 Å². The number of carboxylic acid groups (broad SMARTS) is 2. The first-order valence-electron chi connectivity index (χ1n) is 9.44. The van der Waals surface area contributed by atoms with Crippen molar-refractivity contribution in [2.75, 3.05) is 0 Å². The maximum absolute atomic E-state index is 12.4. The topological polar surface area (TPSA) is 127 Å². The number of rotatable bonds is 6. The predicted molar refractivity (Wildman–Crippen MR) is 104 cm³/mol. The van der Waals surface area contributed by atoms with Gasteiger partial charge in [-0.05, 0) is 74.2 Å². The largest absolute Gasteiger partial charge is 0.478 e. The van der Waals surface area contributed by atoms with Crippen molar-refractivity contribution in [3.63, 3.8) is 0 Å². The average Bonchev–Trinajstić information content (AvgIpc) is 2.75. The number of aromatic carboxylic acids is 2. The van der Waals surface area contributed by atoms with Gasteiger partial charge in [-0.25, -0.2) is 19.2 Å². The Morgan fingerprint density at radius 1 is 0.600 bits per heavy atom. The van der Waals surface area contributed by atoms with Crippen LogP contribution in [0.15, 0.2) is 48.5 Å². The van der Waals surface area contributed by atoms with Gasteiger partial charge in [0.1, 0.15) is 12.2 Å². The van der Waals surface area contributed by atoms with Crippen LogP contribution in [0.3, 0.4) is 0 Å². The van der Waals surface area contributed by atoms with E-state index in [0.29, 0.717) is 12.8 Å². The lowest BCUT2D eigenvalue weighted by molar-refractivity contribution is -0.0514. The summed E-state index contributed by atoms with van der Waals surface area (Å²) in [5.41, 5.74) is 0.537. The summed E-state index contributed by atoms with van der Waals surface area (Å²) in [7, 11) is 0. The lowest BCUT2D eigenvalue weighted by atomic mass is 9.94. The number of ether oxygens (including phenoxy) is 2. The molecule has 2 atom stereocenters. The second-order valence-electron chi connectivity index (χ2n) is 6.94. The van der Waals surface area contributed by atoms with E-state index in [1.54, 1.807) is 0 Å². The van der Waals surface area contributed by atoms with Crippen LogP contribution in [0.2, 0.25) is 0 Å². The fraction of sp³-hybridized carbons (Fsp3) is 0.273. The first-order chi connectivity index (χ1) is 14.3. The third-order valence-electron chi connectivity index (χ3n) is 4.89. The summed E-state index contributed by atoms with van der Waals surface area (Å²) in [5, 5.41) is 17.9. The zero-order valence-corrected chi connectivity index (χ0v) is 15.9. The van der Waals surface area contributed by atoms with E-state index in [2.05, 4.69) is 0 Å². The molecule has 1 aliphatic rings. The standard InChI is InChI=1S/C22H20O8/c23-19(24)13-5-9-15(10-6-13)21(27)29-17-3-1-2-4-18(17)30-22(28)16-11-7-14(8-12-16)20(25)26/h5-12,17-18H,1-4H2,(H,23,24)(H,25,26). The van der Waals surface area contributed by atoms with Crippen LogP contribution in [0, 0.1) is 0 Å². The van der Waals surface area contributed by atoms with E-state index in [-0.39, 0.29) is 22.3 Å². The Labute approximate surface area is 172 Å². The van der Waals surface area contributed by atoms with Gasteiger partial charge in [0.15, 0.2) is 0 Å². The molecule has 3 rings (SSSR count). The van der Waals surface area contributed by atoms with Gasteiger partial charge in [-0.1, -0.05) is 0 Å². The van der Waals surface area contributed by atoms with Crippen LogP contribution < -0.4 is 0 Å². The number of hydrogen-bond acceptors (Lipinski definition) is 6. The molecule has 2 unspecified atom stereocenters. The molecule has 8 nitrogen and oxygen atoms in total. The van der Waals surface area contributed by atoms with E-state index >= 15 is 0 Å². The number of esters is 2. The fourth-order valence-corrected chi connectivity index (χ4v) is 3.24.